The average molecular weight is 513 g/mol. The van der Waals surface area contributed by atoms with E-state index in [1.54, 1.807) is 11.8 Å². The Morgan fingerprint density at radius 1 is 1.08 bits per heavy atom. The maximum Gasteiger partial charge on any atom is 0.274 e. The first-order chi connectivity index (χ1) is 17.2. The minimum absolute atomic E-state index is 0.0428. The summed E-state index contributed by atoms with van der Waals surface area (Å²) in [6.45, 7) is 21.7. The zero-order chi connectivity index (χ0) is 27.1. The highest BCUT2D eigenvalue weighted by Crippen LogP contribution is 2.57. The second kappa shape index (κ2) is 12.9. The summed E-state index contributed by atoms with van der Waals surface area (Å²) in [6.07, 6.45) is 7.53. The van der Waals surface area contributed by atoms with E-state index in [-0.39, 0.29) is 23.0 Å². The second-order valence-corrected chi connectivity index (χ2v) is 11.2. The standard InChI is InChI=1S/C25H30N2O2S.3C2H6/c1-24(2,3)18-8-5-16(6-9-18)22-26-20(23(28)27-11-12-30-15-27)21(29-22)17-7-10-19-14-25(19,4)13-17;3*1-2/h5-10,13,19,22,26H,11-12,14-15H2,1-4H3;3*1-2H3. The molecule has 2 aliphatic carbocycles. The molecule has 0 radical (unpaired) electrons. The lowest BCUT2D eigenvalue weighted by Gasteiger charge is -2.21. The molecular weight excluding hydrogens is 464 g/mol. The van der Waals surface area contributed by atoms with Gasteiger partial charge < -0.3 is 15.0 Å². The third kappa shape index (κ3) is 6.59. The molecule has 5 rings (SSSR count). The number of ether oxygens (including phenoxy) is 1. The average Bonchev–Trinajstić information content (AvgIpc) is 3.26. The number of fused-ring (bicyclic) bond motifs is 1. The van der Waals surface area contributed by atoms with Gasteiger partial charge in [-0.15, -0.1) is 11.8 Å². The summed E-state index contributed by atoms with van der Waals surface area (Å²) in [5.74, 6) is 3.11. The molecule has 0 spiro atoms. The van der Waals surface area contributed by atoms with Crippen LogP contribution < -0.4 is 5.32 Å². The molecule has 4 nitrogen and oxygen atoms in total. The van der Waals surface area contributed by atoms with Crippen molar-refractivity contribution in [2.45, 2.75) is 87.3 Å². The van der Waals surface area contributed by atoms with Crippen molar-refractivity contribution in [1.29, 1.82) is 0 Å². The topological polar surface area (TPSA) is 41.6 Å². The monoisotopic (exact) mass is 512 g/mol. The molecule has 1 aromatic carbocycles. The minimum Gasteiger partial charge on any atom is -0.463 e. The molecule has 2 aliphatic heterocycles. The summed E-state index contributed by atoms with van der Waals surface area (Å²) >= 11 is 1.80. The van der Waals surface area contributed by atoms with Gasteiger partial charge in [0.2, 0.25) is 0 Å². The lowest BCUT2D eigenvalue weighted by molar-refractivity contribution is -0.126. The van der Waals surface area contributed by atoms with Gasteiger partial charge in [-0.3, -0.25) is 4.79 Å². The number of allylic oxidation sites excluding steroid dienone is 3. The van der Waals surface area contributed by atoms with Crippen molar-refractivity contribution in [3.8, 4) is 0 Å². The molecule has 36 heavy (non-hydrogen) atoms. The third-order valence-corrected chi connectivity index (χ3v) is 7.64. The van der Waals surface area contributed by atoms with Crippen LogP contribution in [0.2, 0.25) is 0 Å². The number of nitrogens with one attached hydrogen (secondary N) is 1. The Labute approximate surface area is 224 Å². The molecule has 200 valence electrons. The number of carbonyl (C=O) groups is 1. The van der Waals surface area contributed by atoms with E-state index in [1.165, 1.54) is 12.0 Å². The van der Waals surface area contributed by atoms with E-state index < -0.39 is 0 Å². The van der Waals surface area contributed by atoms with E-state index >= 15 is 0 Å². The normalized spacial score (nSPS) is 25.5. The molecule has 2 heterocycles. The van der Waals surface area contributed by atoms with Crippen molar-refractivity contribution in [3.05, 3.63) is 70.6 Å². The number of nitrogens with zero attached hydrogens (tertiary/aromatic N) is 1. The van der Waals surface area contributed by atoms with Crippen LogP contribution in [-0.2, 0) is 14.9 Å². The zero-order valence-electron chi connectivity index (χ0n) is 24.2. The molecule has 1 aromatic rings. The Morgan fingerprint density at radius 3 is 2.25 bits per heavy atom. The molecule has 0 bridgehead atoms. The van der Waals surface area contributed by atoms with Gasteiger partial charge in [0.05, 0.1) is 5.88 Å². The van der Waals surface area contributed by atoms with Gasteiger partial charge in [0.25, 0.3) is 5.91 Å². The molecule has 4 aliphatic rings. The molecule has 1 saturated carbocycles. The van der Waals surface area contributed by atoms with Gasteiger partial charge in [0.15, 0.2) is 12.0 Å². The third-order valence-electron chi connectivity index (χ3n) is 6.67. The van der Waals surface area contributed by atoms with E-state index in [2.05, 4.69) is 75.5 Å². The fraction of sp³-hybridized carbons (Fsp3) is 0.581. The fourth-order valence-corrected chi connectivity index (χ4v) is 5.39. The minimum atomic E-state index is -0.345. The largest absolute Gasteiger partial charge is 0.463 e. The maximum absolute atomic E-state index is 13.3. The lowest BCUT2D eigenvalue weighted by atomic mass is 9.86. The summed E-state index contributed by atoms with van der Waals surface area (Å²) in [4.78, 5) is 15.2. The number of amides is 1. The van der Waals surface area contributed by atoms with Crippen molar-refractivity contribution in [2.75, 3.05) is 18.2 Å². The molecule has 0 aromatic heterocycles. The first kappa shape index (κ1) is 30.1. The number of carbonyl (C=O) groups excluding carboxylic acids is 1. The molecule has 1 saturated heterocycles. The van der Waals surface area contributed by atoms with E-state index in [4.69, 9.17) is 4.74 Å². The van der Waals surface area contributed by atoms with Gasteiger partial charge in [-0.25, -0.2) is 0 Å². The molecule has 3 unspecified atom stereocenters. The lowest BCUT2D eigenvalue weighted by Crippen LogP contribution is -2.34. The predicted molar refractivity (Wildman–Crippen MR) is 156 cm³/mol. The van der Waals surface area contributed by atoms with Crippen LogP contribution in [0.15, 0.2) is 59.5 Å². The first-order valence-electron chi connectivity index (χ1n) is 13.8. The van der Waals surface area contributed by atoms with E-state index in [0.29, 0.717) is 17.4 Å². The van der Waals surface area contributed by atoms with Crippen LogP contribution in [0.4, 0.5) is 0 Å². The van der Waals surface area contributed by atoms with Gasteiger partial charge in [-0.2, -0.15) is 0 Å². The predicted octanol–water partition coefficient (Wildman–Crippen LogP) is 7.95. The highest BCUT2D eigenvalue weighted by molar-refractivity contribution is 7.99. The van der Waals surface area contributed by atoms with Gasteiger partial charge >= 0.3 is 0 Å². The summed E-state index contributed by atoms with van der Waals surface area (Å²) in [6, 6.07) is 8.54. The maximum atomic E-state index is 13.3. The number of benzene rings is 1. The quantitative estimate of drug-likeness (QED) is 0.446. The highest BCUT2D eigenvalue weighted by Gasteiger charge is 2.49. The number of hydrogen-bond acceptors (Lipinski definition) is 4. The summed E-state index contributed by atoms with van der Waals surface area (Å²) < 4.78 is 6.41. The number of thioether (sulfide) groups is 1. The van der Waals surface area contributed by atoms with Crippen molar-refractivity contribution < 1.29 is 9.53 Å². The van der Waals surface area contributed by atoms with E-state index in [1.807, 2.05) is 46.4 Å². The van der Waals surface area contributed by atoms with Crippen molar-refractivity contribution in [2.24, 2.45) is 11.3 Å². The Hall–Kier alpha value is -2.14. The molecule has 1 amide bonds. The van der Waals surface area contributed by atoms with Crippen molar-refractivity contribution in [1.82, 2.24) is 10.2 Å². The zero-order valence-corrected chi connectivity index (χ0v) is 25.0. The summed E-state index contributed by atoms with van der Waals surface area (Å²) in [5.41, 5.74) is 4.27. The smallest absolute Gasteiger partial charge is 0.274 e. The number of hydrogen-bond donors (Lipinski definition) is 1. The van der Waals surface area contributed by atoms with Crippen LogP contribution in [0, 0.1) is 11.3 Å². The van der Waals surface area contributed by atoms with Gasteiger partial charge in [-0.1, -0.05) is 112 Å². The molecule has 5 heteroatoms. The Balaban J connectivity index is 0.000000710. The van der Waals surface area contributed by atoms with Crippen molar-refractivity contribution >= 4 is 17.7 Å². The van der Waals surface area contributed by atoms with E-state index in [9.17, 15) is 4.79 Å². The Kier molecular flexibility index (Phi) is 10.8. The van der Waals surface area contributed by atoms with Crippen LogP contribution in [0.1, 0.15) is 93.0 Å². The fourth-order valence-electron chi connectivity index (χ4n) is 4.45. The highest BCUT2D eigenvalue weighted by atomic mass is 32.2. The molecule has 1 N–H and O–H groups in total. The van der Waals surface area contributed by atoms with Gasteiger partial charge in [0, 0.05) is 23.4 Å². The van der Waals surface area contributed by atoms with Crippen LogP contribution in [0.5, 0.6) is 0 Å². The SMILES string of the molecule is CC.CC.CC.CC(C)(C)c1ccc(C2NC(C(=O)N3CCSC3)=C(C3=CC4(C)CC4C=C3)O2)cc1. The van der Waals surface area contributed by atoms with Crippen LogP contribution >= 0.6 is 11.8 Å². The summed E-state index contributed by atoms with van der Waals surface area (Å²) in [5, 5.41) is 3.41. The number of rotatable bonds is 3. The molecule has 2 fully saturated rings. The van der Waals surface area contributed by atoms with Crippen LogP contribution in [-0.4, -0.2) is 29.0 Å². The summed E-state index contributed by atoms with van der Waals surface area (Å²) in [7, 11) is 0. The Morgan fingerprint density at radius 2 is 1.72 bits per heavy atom. The van der Waals surface area contributed by atoms with Gasteiger partial charge in [0.1, 0.15) is 5.70 Å². The van der Waals surface area contributed by atoms with Gasteiger partial charge in [-0.05, 0) is 28.7 Å². The van der Waals surface area contributed by atoms with Crippen molar-refractivity contribution in [3.63, 3.8) is 0 Å². The van der Waals surface area contributed by atoms with Crippen LogP contribution in [0.25, 0.3) is 0 Å². The van der Waals surface area contributed by atoms with E-state index in [0.717, 1.165) is 29.3 Å². The molecule has 3 atom stereocenters. The molecular formula is C31H48N2O2S. The first-order valence-corrected chi connectivity index (χ1v) is 15.0. The second-order valence-electron chi connectivity index (χ2n) is 10.1. The van der Waals surface area contributed by atoms with Crippen LogP contribution in [0.3, 0.4) is 0 Å². The Bertz CT molecular complexity index is 965.